The van der Waals surface area contributed by atoms with E-state index < -0.39 is 22.7 Å². The molecule has 0 radical (unpaired) electrons. The summed E-state index contributed by atoms with van der Waals surface area (Å²) in [4.78, 5) is 12.3. The number of rotatable bonds is 10. The first-order chi connectivity index (χ1) is 19.1. The number of hydrazone groups is 1. The third-order valence-corrected chi connectivity index (χ3v) is 6.89. The summed E-state index contributed by atoms with van der Waals surface area (Å²) in [6.45, 7) is 0.366. The summed E-state index contributed by atoms with van der Waals surface area (Å²) in [5, 5.41) is 14.1. The molecule has 0 aliphatic rings. The van der Waals surface area contributed by atoms with Gasteiger partial charge in [-0.1, -0.05) is 63.6 Å². The maximum absolute atomic E-state index is 13.0. The van der Waals surface area contributed by atoms with E-state index in [1.807, 2.05) is 48.5 Å². The van der Waals surface area contributed by atoms with Gasteiger partial charge in [-0.15, -0.1) is 10.2 Å². The zero-order valence-corrected chi connectivity index (χ0v) is 23.5. The van der Waals surface area contributed by atoms with Crippen LogP contribution in [0.4, 0.5) is 24.8 Å². The number of anilines is 2. The maximum Gasteiger partial charge on any atom is 0.417 e. The third kappa shape index (κ3) is 7.90. The van der Waals surface area contributed by atoms with Gasteiger partial charge in [0.05, 0.1) is 22.6 Å². The minimum atomic E-state index is -4.65. The Hall–Kier alpha value is -3.75. The molecule has 208 valence electrons. The summed E-state index contributed by atoms with van der Waals surface area (Å²) in [7, 11) is 0. The molecular formula is C25H20BrClF3N7O2S. The number of carbonyl (C=O) groups is 1. The first kappa shape index (κ1) is 29.2. The van der Waals surface area contributed by atoms with E-state index in [2.05, 4.69) is 42.0 Å². The molecule has 1 amide bonds. The fourth-order valence-electron chi connectivity index (χ4n) is 3.27. The number of aromatic nitrogens is 3. The summed E-state index contributed by atoms with van der Waals surface area (Å²) in [6.07, 6.45) is -3.12. The molecule has 0 unspecified atom stereocenters. The Labute approximate surface area is 244 Å². The number of ether oxygens (including phenoxy) is 1. The predicted molar refractivity (Wildman–Crippen MR) is 152 cm³/mol. The van der Waals surface area contributed by atoms with Crippen LogP contribution in [0.5, 0.6) is 5.75 Å². The number of nitrogens with one attached hydrogen (secondary N) is 2. The second-order valence-electron chi connectivity index (χ2n) is 8.03. The van der Waals surface area contributed by atoms with Crippen LogP contribution >= 0.6 is 39.3 Å². The van der Waals surface area contributed by atoms with Crippen molar-refractivity contribution in [3.05, 3.63) is 92.9 Å². The van der Waals surface area contributed by atoms with Gasteiger partial charge in [0.2, 0.25) is 11.1 Å². The summed E-state index contributed by atoms with van der Waals surface area (Å²) < 4.78 is 47.1. The van der Waals surface area contributed by atoms with Crippen molar-refractivity contribution in [2.75, 3.05) is 22.3 Å². The van der Waals surface area contributed by atoms with Crippen LogP contribution in [0.3, 0.4) is 0 Å². The second kappa shape index (κ2) is 13.1. The number of benzene rings is 3. The van der Waals surface area contributed by atoms with Crippen LogP contribution in [-0.2, 0) is 17.6 Å². The van der Waals surface area contributed by atoms with Gasteiger partial charge in [0.25, 0.3) is 5.95 Å². The lowest BCUT2D eigenvalue weighted by atomic mass is 10.2. The van der Waals surface area contributed by atoms with Gasteiger partial charge >= 0.3 is 6.18 Å². The van der Waals surface area contributed by atoms with Crippen molar-refractivity contribution in [1.82, 2.24) is 14.9 Å². The zero-order valence-electron chi connectivity index (χ0n) is 20.3. The van der Waals surface area contributed by atoms with Crippen molar-refractivity contribution < 1.29 is 22.7 Å². The summed E-state index contributed by atoms with van der Waals surface area (Å²) >= 11 is 9.98. The SMILES string of the molecule is Nn1c(N/N=C/c2ccccc2OCc2cccc(Br)c2)nnc1SCC(=O)Nc1ccc(Cl)c(C(F)(F)F)c1. The smallest absolute Gasteiger partial charge is 0.417 e. The van der Waals surface area contributed by atoms with E-state index >= 15 is 0 Å². The monoisotopic (exact) mass is 653 g/mol. The number of halogens is 5. The standard InChI is InChI=1S/C25H20BrClF3N7O2S/c26-17-6-3-4-15(10-17)13-39-21-7-2-1-5-16(21)12-32-34-23-35-36-24(37(23)31)40-14-22(38)33-18-8-9-20(27)19(11-18)25(28,29)30/h1-12H,13-14,31H2,(H,33,38)(H,34,35)/b32-12+. The van der Waals surface area contributed by atoms with Crippen LogP contribution in [0, 0.1) is 0 Å². The van der Waals surface area contributed by atoms with Crippen LogP contribution in [0.25, 0.3) is 0 Å². The van der Waals surface area contributed by atoms with Gasteiger partial charge in [-0.25, -0.2) is 10.1 Å². The number of hydrogen-bond donors (Lipinski definition) is 3. The first-order valence-electron chi connectivity index (χ1n) is 11.4. The van der Waals surface area contributed by atoms with E-state index in [4.69, 9.17) is 22.2 Å². The lowest BCUT2D eigenvalue weighted by molar-refractivity contribution is -0.137. The highest BCUT2D eigenvalue weighted by atomic mass is 79.9. The quantitative estimate of drug-likeness (QED) is 0.0809. The molecule has 0 aliphatic carbocycles. The van der Waals surface area contributed by atoms with E-state index in [0.717, 1.165) is 38.6 Å². The molecular weight excluding hydrogens is 635 g/mol. The molecule has 0 saturated carbocycles. The van der Waals surface area contributed by atoms with Gasteiger partial charge in [-0.3, -0.25) is 4.79 Å². The number of hydrogen-bond acceptors (Lipinski definition) is 8. The van der Waals surface area contributed by atoms with Crippen molar-refractivity contribution in [2.24, 2.45) is 5.10 Å². The fraction of sp³-hybridized carbons (Fsp3) is 0.120. The van der Waals surface area contributed by atoms with E-state index in [9.17, 15) is 18.0 Å². The van der Waals surface area contributed by atoms with Crippen molar-refractivity contribution in [1.29, 1.82) is 0 Å². The fourth-order valence-corrected chi connectivity index (χ4v) is 4.59. The molecule has 4 aromatic rings. The summed E-state index contributed by atoms with van der Waals surface area (Å²) in [5.74, 6) is 5.95. The van der Waals surface area contributed by atoms with Gasteiger partial charge < -0.3 is 15.9 Å². The molecule has 0 fully saturated rings. The van der Waals surface area contributed by atoms with E-state index in [1.54, 1.807) is 0 Å². The number of nitrogen functional groups attached to an aromatic ring is 1. The van der Waals surface area contributed by atoms with Crippen molar-refractivity contribution in [3.8, 4) is 5.75 Å². The van der Waals surface area contributed by atoms with Gasteiger partial charge in [0.1, 0.15) is 12.4 Å². The van der Waals surface area contributed by atoms with Crippen LogP contribution in [0.15, 0.2) is 81.5 Å². The lowest BCUT2D eigenvalue weighted by Gasteiger charge is -2.11. The average molecular weight is 655 g/mol. The largest absolute Gasteiger partial charge is 0.488 e. The number of amides is 1. The van der Waals surface area contributed by atoms with Crippen molar-refractivity contribution >= 4 is 63.1 Å². The molecule has 1 heterocycles. The first-order valence-corrected chi connectivity index (χ1v) is 13.5. The zero-order chi connectivity index (χ0) is 28.7. The summed E-state index contributed by atoms with van der Waals surface area (Å²) in [6, 6.07) is 18.2. The molecule has 1 aromatic heterocycles. The van der Waals surface area contributed by atoms with Crippen molar-refractivity contribution in [3.63, 3.8) is 0 Å². The number of thioether (sulfide) groups is 1. The Bertz CT molecular complexity index is 1530. The Kier molecular flexibility index (Phi) is 9.55. The van der Waals surface area contributed by atoms with E-state index in [1.165, 1.54) is 12.3 Å². The summed E-state index contributed by atoms with van der Waals surface area (Å²) in [5.41, 5.74) is 3.29. The highest BCUT2D eigenvalue weighted by Gasteiger charge is 2.33. The predicted octanol–water partition coefficient (Wildman–Crippen LogP) is 6.18. The molecule has 0 saturated heterocycles. The van der Waals surface area contributed by atoms with Gasteiger partial charge in [0, 0.05) is 15.7 Å². The van der Waals surface area contributed by atoms with Gasteiger partial charge in [0.15, 0.2) is 0 Å². The highest BCUT2D eigenvalue weighted by Crippen LogP contribution is 2.36. The molecule has 0 spiro atoms. The maximum atomic E-state index is 13.0. The van der Waals surface area contributed by atoms with Crippen LogP contribution in [-0.4, -0.2) is 32.7 Å². The van der Waals surface area contributed by atoms with Gasteiger partial charge in [-0.05, 0) is 48.0 Å². The number of nitrogens with zero attached hydrogens (tertiary/aromatic N) is 4. The Balaban J connectivity index is 1.32. The number of carbonyl (C=O) groups excluding carboxylic acids is 1. The molecule has 15 heteroatoms. The number of nitrogens with two attached hydrogens (primary N) is 1. The van der Waals surface area contributed by atoms with Crippen LogP contribution in [0.2, 0.25) is 5.02 Å². The molecule has 4 rings (SSSR count). The third-order valence-electron chi connectivity index (χ3n) is 5.12. The van der Waals surface area contributed by atoms with Crippen LogP contribution < -0.4 is 21.3 Å². The molecule has 9 nitrogen and oxygen atoms in total. The topological polar surface area (TPSA) is 119 Å². The lowest BCUT2D eigenvalue weighted by Crippen LogP contribution is -2.17. The molecule has 3 aromatic carbocycles. The number of para-hydroxylation sites is 1. The van der Waals surface area contributed by atoms with Gasteiger partial charge in [-0.2, -0.15) is 18.3 Å². The van der Waals surface area contributed by atoms with Crippen LogP contribution in [0.1, 0.15) is 16.7 Å². The van der Waals surface area contributed by atoms with E-state index in [-0.39, 0.29) is 22.5 Å². The average Bonchev–Trinajstić information content (AvgIpc) is 3.26. The Morgan fingerprint density at radius 3 is 2.73 bits per heavy atom. The Morgan fingerprint density at radius 1 is 1.15 bits per heavy atom. The number of alkyl halides is 3. The molecule has 0 atom stereocenters. The van der Waals surface area contributed by atoms with Crippen molar-refractivity contribution in [2.45, 2.75) is 17.9 Å². The molecule has 0 aliphatic heterocycles. The normalized spacial score (nSPS) is 11.5. The molecule has 40 heavy (non-hydrogen) atoms. The second-order valence-corrected chi connectivity index (χ2v) is 10.3. The van der Waals surface area contributed by atoms with E-state index in [0.29, 0.717) is 17.9 Å². The Morgan fingerprint density at radius 2 is 1.95 bits per heavy atom. The highest BCUT2D eigenvalue weighted by molar-refractivity contribution is 9.10. The molecule has 4 N–H and O–H groups in total. The molecule has 0 bridgehead atoms. The minimum Gasteiger partial charge on any atom is -0.488 e. The minimum absolute atomic E-state index is 0.0471.